The van der Waals surface area contributed by atoms with E-state index in [1.165, 1.54) is 0 Å². The van der Waals surface area contributed by atoms with E-state index in [0.717, 1.165) is 5.56 Å². The predicted octanol–water partition coefficient (Wildman–Crippen LogP) is 2.44. The van der Waals surface area contributed by atoms with Crippen LogP contribution in [0.4, 0.5) is 5.69 Å². The number of anilines is 1. The van der Waals surface area contributed by atoms with Crippen molar-refractivity contribution >= 4 is 11.7 Å². The van der Waals surface area contributed by atoms with E-state index in [-0.39, 0.29) is 5.56 Å². The molecule has 4 heteroatoms. The Kier molecular flexibility index (Phi) is 4.73. The molecule has 0 aliphatic rings. The molecule has 3 N–H and O–H groups in total. The topological polar surface area (TPSA) is 66.6 Å². The standard InChI is InChI=1S/C14H22N2O2/c1-9(2)10(3)16(4)8-11-6-5-7-12(15)13(11)14(17)18/h5-7,9-10H,8,15H2,1-4H3,(H,17,18). The van der Waals surface area contributed by atoms with Gasteiger partial charge in [-0.05, 0) is 31.5 Å². The summed E-state index contributed by atoms with van der Waals surface area (Å²) in [5, 5.41) is 9.21. The molecule has 0 saturated heterocycles. The van der Waals surface area contributed by atoms with Crippen molar-refractivity contribution in [2.45, 2.75) is 33.4 Å². The lowest BCUT2D eigenvalue weighted by Crippen LogP contribution is -2.33. The van der Waals surface area contributed by atoms with Gasteiger partial charge < -0.3 is 10.8 Å². The summed E-state index contributed by atoms with van der Waals surface area (Å²) in [4.78, 5) is 13.4. The second-order valence-electron chi connectivity index (χ2n) is 5.09. The molecule has 0 bridgehead atoms. The Labute approximate surface area is 108 Å². The van der Waals surface area contributed by atoms with Crippen molar-refractivity contribution in [3.8, 4) is 0 Å². The van der Waals surface area contributed by atoms with E-state index in [1.807, 2.05) is 13.1 Å². The van der Waals surface area contributed by atoms with E-state index in [9.17, 15) is 9.90 Å². The first-order valence-corrected chi connectivity index (χ1v) is 6.15. The van der Waals surface area contributed by atoms with Crippen molar-refractivity contribution in [2.24, 2.45) is 5.92 Å². The monoisotopic (exact) mass is 250 g/mol. The van der Waals surface area contributed by atoms with Crippen LogP contribution in [-0.4, -0.2) is 29.1 Å². The molecule has 0 spiro atoms. The number of carboxylic acid groups (broad SMARTS) is 1. The minimum Gasteiger partial charge on any atom is -0.478 e. The summed E-state index contributed by atoms with van der Waals surface area (Å²) in [6.45, 7) is 7.03. The molecule has 1 rings (SSSR count). The smallest absolute Gasteiger partial charge is 0.338 e. The van der Waals surface area contributed by atoms with Gasteiger partial charge in [0.05, 0.1) is 5.56 Å². The van der Waals surface area contributed by atoms with Gasteiger partial charge in [0, 0.05) is 18.3 Å². The van der Waals surface area contributed by atoms with Gasteiger partial charge in [-0.15, -0.1) is 0 Å². The summed E-state index contributed by atoms with van der Waals surface area (Å²) in [6.07, 6.45) is 0. The number of nitrogens with two attached hydrogens (primary N) is 1. The van der Waals surface area contributed by atoms with Crippen LogP contribution in [0.15, 0.2) is 18.2 Å². The number of rotatable bonds is 5. The maximum Gasteiger partial charge on any atom is 0.338 e. The van der Waals surface area contributed by atoms with E-state index >= 15 is 0 Å². The highest BCUT2D eigenvalue weighted by Gasteiger charge is 2.18. The predicted molar refractivity (Wildman–Crippen MR) is 73.6 cm³/mol. The number of hydrogen-bond donors (Lipinski definition) is 2. The van der Waals surface area contributed by atoms with Crippen LogP contribution in [0, 0.1) is 5.92 Å². The normalized spacial score (nSPS) is 13.0. The number of aromatic carboxylic acids is 1. The average molecular weight is 250 g/mol. The zero-order valence-corrected chi connectivity index (χ0v) is 11.5. The van der Waals surface area contributed by atoms with Gasteiger partial charge in [0.25, 0.3) is 0 Å². The Balaban J connectivity index is 2.98. The molecule has 18 heavy (non-hydrogen) atoms. The van der Waals surface area contributed by atoms with E-state index in [1.54, 1.807) is 12.1 Å². The first-order valence-electron chi connectivity index (χ1n) is 6.15. The number of nitrogens with zero attached hydrogens (tertiary/aromatic N) is 1. The van der Waals surface area contributed by atoms with Crippen molar-refractivity contribution in [3.05, 3.63) is 29.3 Å². The lowest BCUT2D eigenvalue weighted by atomic mass is 10.0. The second kappa shape index (κ2) is 5.87. The summed E-state index contributed by atoms with van der Waals surface area (Å²) in [5.41, 5.74) is 7.04. The van der Waals surface area contributed by atoms with Crippen LogP contribution in [0.1, 0.15) is 36.7 Å². The molecule has 1 atom stereocenters. The van der Waals surface area contributed by atoms with Gasteiger partial charge in [-0.2, -0.15) is 0 Å². The Hall–Kier alpha value is -1.55. The number of nitrogen functional groups attached to an aromatic ring is 1. The molecule has 100 valence electrons. The highest BCUT2D eigenvalue weighted by Crippen LogP contribution is 2.20. The van der Waals surface area contributed by atoms with Crippen LogP contribution in [0.25, 0.3) is 0 Å². The molecule has 0 amide bonds. The molecule has 0 heterocycles. The summed E-state index contributed by atoms with van der Waals surface area (Å²) in [5.74, 6) is -0.446. The molecule has 0 saturated carbocycles. The summed E-state index contributed by atoms with van der Waals surface area (Å²) in [7, 11) is 2.00. The van der Waals surface area contributed by atoms with Crippen molar-refractivity contribution in [1.29, 1.82) is 0 Å². The van der Waals surface area contributed by atoms with Crippen LogP contribution in [0.2, 0.25) is 0 Å². The fraction of sp³-hybridized carbons (Fsp3) is 0.500. The fourth-order valence-electron chi connectivity index (χ4n) is 1.93. The highest BCUT2D eigenvalue weighted by atomic mass is 16.4. The Morgan fingerprint density at radius 3 is 2.50 bits per heavy atom. The van der Waals surface area contributed by atoms with Gasteiger partial charge in [0.2, 0.25) is 0 Å². The second-order valence-corrected chi connectivity index (χ2v) is 5.09. The fourth-order valence-corrected chi connectivity index (χ4v) is 1.93. The average Bonchev–Trinajstić information content (AvgIpc) is 2.27. The lowest BCUT2D eigenvalue weighted by molar-refractivity contribution is 0.0695. The summed E-state index contributed by atoms with van der Waals surface area (Å²) < 4.78 is 0. The summed E-state index contributed by atoms with van der Waals surface area (Å²) in [6, 6.07) is 5.63. The van der Waals surface area contributed by atoms with Gasteiger partial charge in [0.15, 0.2) is 0 Å². The van der Waals surface area contributed by atoms with E-state index in [0.29, 0.717) is 24.2 Å². The largest absolute Gasteiger partial charge is 0.478 e. The van der Waals surface area contributed by atoms with Gasteiger partial charge >= 0.3 is 5.97 Å². The molecule has 1 unspecified atom stereocenters. The lowest BCUT2D eigenvalue weighted by Gasteiger charge is -2.28. The molecular formula is C14H22N2O2. The Bertz CT molecular complexity index is 430. The van der Waals surface area contributed by atoms with Crippen LogP contribution in [-0.2, 0) is 6.54 Å². The minimum atomic E-state index is -0.964. The third kappa shape index (κ3) is 3.23. The van der Waals surface area contributed by atoms with Crippen LogP contribution < -0.4 is 5.73 Å². The number of carbonyl (C=O) groups is 1. The number of benzene rings is 1. The van der Waals surface area contributed by atoms with Crippen LogP contribution in [0.3, 0.4) is 0 Å². The van der Waals surface area contributed by atoms with Crippen molar-refractivity contribution < 1.29 is 9.90 Å². The highest BCUT2D eigenvalue weighted by molar-refractivity contribution is 5.95. The van der Waals surface area contributed by atoms with Crippen LogP contribution >= 0.6 is 0 Å². The Morgan fingerprint density at radius 2 is 2.00 bits per heavy atom. The molecule has 0 aromatic heterocycles. The number of hydrogen-bond acceptors (Lipinski definition) is 3. The van der Waals surface area contributed by atoms with Gasteiger partial charge in [-0.1, -0.05) is 26.0 Å². The Morgan fingerprint density at radius 1 is 1.39 bits per heavy atom. The van der Waals surface area contributed by atoms with Crippen LogP contribution in [0.5, 0.6) is 0 Å². The molecular weight excluding hydrogens is 228 g/mol. The molecule has 0 aliphatic heterocycles. The minimum absolute atomic E-state index is 0.223. The van der Waals surface area contributed by atoms with Crippen molar-refractivity contribution in [3.63, 3.8) is 0 Å². The molecule has 0 radical (unpaired) electrons. The first-order chi connectivity index (χ1) is 8.34. The maximum atomic E-state index is 11.2. The van der Waals surface area contributed by atoms with Crippen molar-refractivity contribution in [2.75, 3.05) is 12.8 Å². The molecule has 0 fully saturated rings. The molecule has 1 aromatic rings. The molecule has 4 nitrogen and oxygen atoms in total. The van der Waals surface area contributed by atoms with Gasteiger partial charge in [-0.25, -0.2) is 4.79 Å². The molecule has 1 aromatic carbocycles. The third-order valence-electron chi connectivity index (χ3n) is 3.48. The van der Waals surface area contributed by atoms with Gasteiger partial charge in [0.1, 0.15) is 0 Å². The van der Waals surface area contributed by atoms with E-state index < -0.39 is 5.97 Å². The number of carboxylic acids is 1. The zero-order chi connectivity index (χ0) is 13.9. The third-order valence-corrected chi connectivity index (χ3v) is 3.48. The summed E-state index contributed by atoms with van der Waals surface area (Å²) >= 11 is 0. The van der Waals surface area contributed by atoms with Crippen molar-refractivity contribution in [1.82, 2.24) is 4.90 Å². The maximum absolute atomic E-state index is 11.2. The molecule has 0 aliphatic carbocycles. The SMILES string of the molecule is CC(C)C(C)N(C)Cc1cccc(N)c1C(=O)O. The first kappa shape index (κ1) is 14.5. The zero-order valence-electron chi connectivity index (χ0n) is 11.5. The van der Waals surface area contributed by atoms with E-state index in [4.69, 9.17) is 5.73 Å². The van der Waals surface area contributed by atoms with E-state index in [2.05, 4.69) is 25.7 Å². The quantitative estimate of drug-likeness (QED) is 0.788. The van der Waals surface area contributed by atoms with Gasteiger partial charge in [-0.3, -0.25) is 4.90 Å².